The Bertz CT molecular complexity index is 470. The monoisotopic (exact) mass is 281 g/mol. The van der Waals surface area contributed by atoms with Crippen molar-refractivity contribution in [2.45, 2.75) is 38.7 Å². The molecule has 0 amide bonds. The molecule has 0 bridgehead atoms. The number of rotatable bonds is 4. The van der Waals surface area contributed by atoms with Crippen molar-refractivity contribution in [1.29, 1.82) is 0 Å². The number of carbonyl (C=O) groups excluding carboxylic acids is 1. The first kappa shape index (κ1) is 14.6. The van der Waals surface area contributed by atoms with Gasteiger partial charge in [-0.1, -0.05) is 0 Å². The maximum absolute atomic E-state index is 13.3. The van der Waals surface area contributed by atoms with Crippen molar-refractivity contribution in [3.8, 4) is 5.75 Å². The lowest BCUT2D eigenvalue weighted by Crippen LogP contribution is -2.29. The summed E-state index contributed by atoms with van der Waals surface area (Å²) in [5, 5.41) is 0. The van der Waals surface area contributed by atoms with E-state index >= 15 is 0 Å². The molecule has 2 N–H and O–H groups in total. The largest absolute Gasteiger partial charge is 0.490 e. The summed E-state index contributed by atoms with van der Waals surface area (Å²) in [7, 11) is 0. The second kappa shape index (κ2) is 6.59. The van der Waals surface area contributed by atoms with Gasteiger partial charge in [0, 0.05) is 6.07 Å². The number of ether oxygens (including phenoxy) is 2. The Morgan fingerprint density at radius 2 is 2.05 bits per heavy atom. The average Bonchev–Trinajstić information content (AvgIpc) is 2.44. The Morgan fingerprint density at radius 3 is 2.65 bits per heavy atom. The summed E-state index contributed by atoms with van der Waals surface area (Å²) in [6, 6.07) is 4.46. The number of benzene rings is 1. The Hall–Kier alpha value is -1.78. The minimum atomic E-state index is -0.470. The molecular weight excluding hydrogens is 261 g/mol. The van der Waals surface area contributed by atoms with Gasteiger partial charge in [0.15, 0.2) is 0 Å². The molecule has 0 radical (unpaired) electrons. The van der Waals surface area contributed by atoms with E-state index in [0.29, 0.717) is 12.4 Å². The van der Waals surface area contributed by atoms with Crippen LogP contribution in [0.4, 0.5) is 10.1 Å². The molecule has 5 heteroatoms. The van der Waals surface area contributed by atoms with Gasteiger partial charge in [0.1, 0.15) is 11.6 Å². The Labute approximate surface area is 118 Å². The van der Waals surface area contributed by atoms with Crippen molar-refractivity contribution in [3.63, 3.8) is 0 Å². The van der Waals surface area contributed by atoms with Crippen LogP contribution in [-0.2, 0) is 9.53 Å². The van der Waals surface area contributed by atoms with E-state index in [9.17, 15) is 9.18 Å². The van der Waals surface area contributed by atoms with E-state index in [1.54, 1.807) is 6.07 Å². The number of hydrogen-bond acceptors (Lipinski definition) is 4. The minimum Gasteiger partial charge on any atom is -0.490 e. The van der Waals surface area contributed by atoms with Crippen molar-refractivity contribution in [3.05, 3.63) is 24.0 Å². The van der Waals surface area contributed by atoms with Gasteiger partial charge in [0.05, 0.1) is 24.3 Å². The molecule has 1 aliphatic carbocycles. The summed E-state index contributed by atoms with van der Waals surface area (Å²) < 4.78 is 24.1. The number of halogens is 1. The van der Waals surface area contributed by atoms with Gasteiger partial charge >= 0.3 is 5.97 Å². The fourth-order valence-electron chi connectivity index (χ4n) is 2.45. The SMILES string of the molecule is CCOC(=O)[C@H]1CC[C@H](Oc2ccc(N)c(F)c2)CC1. The molecule has 1 aromatic rings. The van der Waals surface area contributed by atoms with E-state index in [2.05, 4.69) is 0 Å². The van der Waals surface area contributed by atoms with Gasteiger partial charge in [-0.05, 0) is 44.7 Å². The molecule has 4 nitrogen and oxygen atoms in total. The lowest BCUT2D eigenvalue weighted by atomic mass is 9.87. The molecule has 1 aliphatic rings. The topological polar surface area (TPSA) is 61.5 Å². The normalized spacial score (nSPS) is 22.3. The van der Waals surface area contributed by atoms with E-state index in [-0.39, 0.29) is 23.7 Å². The molecule has 0 saturated heterocycles. The first-order valence-corrected chi connectivity index (χ1v) is 6.98. The second-order valence-electron chi connectivity index (χ2n) is 5.03. The van der Waals surface area contributed by atoms with Crippen molar-refractivity contribution >= 4 is 11.7 Å². The Morgan fingerprint density at radius 1 is 1.35 bits per heavy atom. The summed E-state index contributed by atoms with van der Waals surface area (Å²) in [4.78, 5) is 11.6. The number of carbonyl (C=O) groups is 1. The predicted octanol–water partition coefficient (Wildman–Crippen LogP) is 2.91. The third kappa shape index (κ3) is 3.62. The lowest BCUT2D eigenvalue weighted by Gasteiger charge is -2.27. The molecule has 0 heterocycles. The molecule has 1 saturated carbocycles. The van der Waals surface area contributed by atoms with Crippen LogP contribution in [0.15, 0.2) is 18.2 Å². The Kier molecular flexibility index (Phi) is 4.82. The van der Waals surface area contributed by atoms with E-state index in [0.717, 1.165) is 25.7 Å². The van der Waals surface area contributed by atoms with E-state index in [1.807, 2.05) is 6.92 Å². The number of hydrogen-bond donors (Lipinski definition) is 1. The molecule has 0 aliphatic heterocycles. The molecule has 0 spiro atoms. The van der Waals surface area contributed by atoms with E-state index < -0.39 is 5.82 Å². The summed E-state index contributed by atoms with van der Waals surface area (Å²) in [5.41, 5.74) is 5.53. The first-order chi connectivity index (χ1) is 9.60. The lowest BCUT2D eigenvalue weighted by molar-refractivity contribution is -0.149. The summed E-state index contributed by atoms with van der Waals surface area (Å²) in [6.45, 7) is 2.22. The van der Waals surface area contributed by atoms with Crippen LogP contribution in [0.2, 0.25) is 0 Å². The van der Waals surface area contributed by atoms with Gasteiger partial charge in [-0.15, -0.1) is 0 Å². The molecule has 1 aromatic carbocycles. The highest BCUT2D eigenvalue weighted by Gasteiger charge is 2.28. The third-order valence-electron chi connectivity index (χ3n) is 3.57. The van der Waals surface area contributed by atoms with Crippen LogP contribution in [0.3, 0.4) is 0 Å². The first-order valence-electron chi connectivity index (χ1n) is 6.98. The molecule has 1 fully saturated rings. The van der Waals surface area contributed by atoms with Crippen LogP contribution in [0.5, 0.6) is 5.75 Å². The zero-order chi connectivity index (χ0) is 14.5. The highest BCUT2D eigenvalue weighted by Crippen LogP contribution is 2.29. The maximum Gasteiger partial charge on any atom is 0.308 e. The number of esters is 1. The fraction of sp³-hybridized carbons (Fsp3) is 0.533. The predicted molar refractivity (Wildman–Crippen MR) is 73.8 cm³/mol. The van der Waals surface area contributed by atoms with Gasteiger partial charge in [-0.2, -0.15) is 0 Å². The van der Waals surface area contributed by atoms with Gasteiger partial charge in [-0.3, -0.25) is 4.79 Å². The van der Waals surface area contributed by atoms with Crippen LogP contribution >= 0.6 is 0 Å². The zero-order valence-corrected chi connectivity index (χ0v) is 11.6. The molecule has 0 aromatic heterocycles. The second-order valence-corrected chi connectivity index (χ2v) is 5.03. The zero-order valence-electron chi connectivity index (χ0n) is 11.6. The van der Waals surface area contributed by atoms with Gasteiger partial charge < -0.3 is 15.2 Å². The fourth-order valence-corrected chi connectivity index (χ4v) is 2.45. The molecule has 0 atom stereocenters. The van der Waals surface area contributed by atoms with Crippen molar-refractivity contribution in [2.75, 3.05) is 12.3 Å². The van der Waals surface area contributed by atoms with Crippen LogP contribution in [0.1, 0.15) is 32.6 Å². The average molecular weight is 281 g/mol. The minimum absolute atomic E-state index is 0.0173. The van der Waals surface area contributed by atoms with Crippen molar-refractivity contribution < 1.29 is 18.7 Å². The quantitative estimate of drug-likeness (QED) is 0.681. The van der Waals surface area contributed by atoms with Crippen LogP contribution in [0, 0.1) is 11.7 Å². The maximum atomic E-state index is 13.3. The highest BCUT2D eigenvalue weighted by molar-refractivity contribution is 5.72. The van der Waals surface area contributed by atoms with Crippen molar-refractivity contribution in [1.82, 2.24) is 0 Å². The van der Waals surface area contributed by atoms with Crippen LogP contribution in [0.25, 0.3) is 0 Å². The standard InChI is InChI=1S/C15H20FNO3/c1-2-19-15(18)10-3-5-11(6-4-10)20-12-7-8-14(17)13(16)9-12/h7-11H,2-6,17H2,1H3/t10-,11-. The van der Waals surface area contributed by atoms with Gasteiger partial charge in [-0.25, -0.2) is 4.39 Å². The summed E-state index contributed by atoms with van der Waals surface area (Å²) >= 11 is 0. The van der Waals surface area contributed by atoms with Crippen LogP contribution < -0.4 is 10.5 Å². The van der Waals surface area contributed by atoms with Gasteiger partial charge in [0.25, 0.3) is 0 Å². The summed E-state index contributed by atoms with van der Waals surface area (Å²) in [6.07, 6.45) is 3.07. The van der Waals surface area contributed by atoms with E-state index in [1.165, 1.54) is 12.1 Å². The number of nitrogen functional groups attached to an aromatic ring is 1. The molecular formula is C15H20FNO3. The Balaban J connectivity index is 1.85. The molecule has 2 rings (SSSR count). The number of nitrogens with two attached hydrogens (primary N) is 1. The highest BCUT2D eigenvalue weighted by atomic mass is 19.1. The third-order valence-corrected chi connectivity index (χ3v) is 3.57. The van der Waals surface area contributed by atoms with Crippen LogP contribution in [-0.4, -0.2) is 18.7 Å². The molecule has 110 valence electrons. The van der Waals surface area contributed by atoms with Crippen molar-refractivity contribution in [2.24, 2.45) is 5.92 Å². The van der Waals surface area contributed by atoms with E-state index in [4.69, 9.17) is 15.2 Å². The molecule has 20 heavy (non-hydrogen) atoms. The van der Waals surface area contributed by atoms with Gasteiger partial charge in [0.2, 0.25) is 0 Å². The molecule has 0 unspecified atom stereocenters. The number of anilines is 1. The smallest absolute Gasteiger partial charge is 0.308 e. The summed E-state index contributed by atoms with van der Waals surface area (Å²) in [5.74, 6) is -0.138.